The van der Waals surface area contributed by atoms with E-state index in [9.17, 15) is 13.2 Å². The van der Waals surface area contributed by atoms with E-state index in [1.807, 2.05) is 25.1 Å². The molecule has 1 saturated heterocycles. The lowest BCUT2D eigenvalue weighted by molar-refractivity contribution is -0.125. The van der Waals surface area contributed by atoms with Gasteiger partial charge in [0.15, 0.2) is 0 Å². The molecular weight excluding hydrogens is 368 g/mol. The van der Waals surface area contributed by atoms with Crippen molar-refractivity contribution in [2.45, 2.75) is 48.9 Å². The fraction of sp³-hybridized carbons (Fsp3) is 0.421. The van der Waals surface area contributed by atoms with Crippen LogP contribution in [0.15, 0.2) is 40.6 Å². The highest BCUT2D eigenvalue weighted by atomic mass is 32.2. The molecule has 26 heavy (non-hydrogen) atoms. The maximum Gasteiger partial charge on any atom is 0.253 e. The van der Waals surface area contributed by atoms with Gasteiger partial charge in [-0.1, -0.05) is 24.3 Å². The lowest BCUT2D eigenvalue weighted by Gasteiger charge is -2.24. The Bertz CT molecular complexity index is 936. The zero-order valence-electron chi connectivity index (χ0n) is 14.6. The van der Waals surface area contributed by atoms with Crippen LogP contribution in [0.1, 0.15) is 41.3 Å². The molecule has 1 aliphatic heterocycles. The monoisotopic (exact) mass is 390 g/mol. The number of thiophene rings is 1. The van der Waals surface area contributed by atoms with Gasteiger partial charge in [-0.05, 0) is 55.9 Å². The summed E-state index contributed by atoms with van der Waals surface area (Å²) < 4.78 is 27.6. The van der Waals surface area contributed by atoms with Gasteiger partial charge >= 0.3 is 0 Å². The van der Waals surface area contributed by atoms with E-state index in [0.29, 0.717) is 23.6 Å². The van der Waals surface area contributed by atoms with E-state index in [1.165, 1.54) is 21.2 Å². The standard InChI is InChI=1S/C19H22N2O3S2/c1-13-8-11-18(25-13)26(23,24)21-12-4-7-17(21)19(22)20-16-10-9-14-5-2-3-6-15(14)16/h2-3,5-6,8,11,16-17H,4,7,9-10,12H2,1H3,(H,20,22). The maximum atomic E-state index is 13.0. The van der Waals surface area contributed by atoms with Gasteiger partial charge in [-0.3, -0.25) is 4.79 Å². The lowest BCUT2D eigenvalue weighted by atomic mass is 10.1. The molecule has 2 aromatic rings. The molecule has 2 unspecified atom stereocenters. The molecule has 2 atom stereocenters. The van der Waals surface area contributed by atoms with Gasteiger partial charge in [-0.2, -0.15) is 4.31 Å². The number of aryl methyl sites for hydroxylation is 2. The summed E-state index contributed by atoms with van der Waals surface area (Å²) in [4.78, 5) is 13.8. The van der Waals surface area contributed by atoms with Crippen LogP contribution in [0.5, 0.6) is 0 Å². The Hall–Kier alpha value is -1.70. The van der Waals surface area contributed by atoms with Gasteiger partial charge in [0.05, 0.1) is 6.04 Å². The summed E-state index contributed by atoms with van der Waals surface area (Å²) >= 11 is 1.26. The van der Waals surface area contributed by atoms with E-state index in [4.69, 9.17) is 0 Å². The van der Waals surface area contributed by atoms with Crippen LogP contribution < -0.4 is 5.32 Å². The summed E-state index contributed by atoms with van der Waals surface area (Å²) in [5, 5.41) is 3.09. The first-order chi connectivity index (χ1) is 12.5. The molecular formula is C19H22N2O3S2. The van der Waals surface area contributed by atoms with Crippen molar-refractivity contribution in [1.82, 2.24) is 9.62 Å². The van der Waals surface area contributed by atoms with Gasteiger partial charge in [-0.15, -0.1) is 11.3 Å². The van der Waals surface area contributed by atoms with Crippen molar-refractivity contribution < 1.29 is 13.2 Å². The summed E-state index contributed by atoms with van der Waals surface area (Å²) in [6, 6.07) is 10.9. The van der Waals surface area contributed by atoms with Crippen molar-refractivity contribution in [2.75, 3.05) is 6.54 Å². The van der Waals surface area contributed by atoms with Gasteiger partial charge in [-0.25, -0.2) is 8.42 Å². The van der Waals surface area contributed by atoms with Crippen LogP contribution >= 0.6 is 11.3 Å². The Balaban J connectivity index is 1.53. The second kappa shape index (κ2) is 6.79. The predicted molar refractivity (Wildman–Crippen MR) is 102 cm³/mol. The molecule has 2 aliphatic rings. The number of carbonyl (C=O) groups excluding carboxylic acids is 1. The van der Waals surface area contributed by atoms with Gasteiger partial charge in [0.1, 0.15) is 10.3 Å². The molecule has 1 fully saturated rings. The third-order valence-electron chi connectivity index (χ3n) is 5.23. The zero-order chi connectivity index (χ0) is 18.3. The van der Waals surface area contributed by atoms with Crippen LogP contribution in [0.4, 0.5) is 0 Å². The van der Waals surface area contributed by atoms with Crippen LogP contribution in [-0.2, 0) is 21.2 Å². The van der Waals surface area contributed by atoms with Crippen LogP contribution in [0, 0.1) is 6.92 Å². The molecule has 0 radical (unpaired) electrons. The van der Waals surface area contributed by atoms with E-state index in [1.54, 1.807) is 12.1 Å². The Morgan fingerprint density at radius 2 is 2.00 bits per heavy atom. The smallest absolute Gasteiger partial charge is 0.253 e. The number of nitrogens with zero attached hydrogens (tertiary/aromatic N) is 1. The van der Waals surface area contributed by atoms with Crippen molar-refractivity contribution in [1.29, 1.82) is 0 Å². The van der Waals surface area contributed by atoms with E-state index in [-0.39, 0.29) is 11.9 Å². The largest absolute Gasteiger partial charge is 0.348 e. The Morgan fingerprint density at radius 3 is 2.77 bits per heavy atom. The molecule has 0 saturated carbocycles. The first-order valence-electron chi connectivity index (χ1n) is 8.93. The number of rotatable bonds is 4. The molecule has 0 spiro atoms. The first kappa shape index (κ1) is 17.7. The molecule has 1 amide bonds. The minimum absolute atomic E-state index is 0.0205. The van der Waals surface area contributed by atoms with Gasteiger partial charge in [0, 0.05) is 11.4 Å². The van der Waals surface area contributed by atoms with Crippen LogP contribution in [0.25, 0.3) is 0 Å². The summed E-state index contributed by atoms with van der Waals surface area (Å²) in [5.41, 5.74) is 2.42. The molecule has 7 heteroatoms. The van der Waals surface area contributed by atoms with E-state index < -0.39 is 16.1 Å². The van der Waals surface area contributed by atoms with Crippen molar-refractivity contribution >= 4 is 27.3 Å². The predicted octanol–water partition coefficient (Wildman–Crippen LogP) is 3.01. The number of fused-ring (bicyclic) bond motifs is 1. The Morgan fingerprint density at radius 1 is 1.19 bits per heavy atom. The Kier molecular flexibility index (Phi) is 4.62. The average molecular weight is 391 g/mol. The van der Waals surface area contributed by atoms with Gasteiger partial charge in [0.25, 0.3) is 10.0 Å². The molecule has 138 valence electrons. The van der Waals surface area contributed by atoms with Crippen LogP contribution in [-0.4, -0.2) is 31.2 Å². The van der Waals surface area contributed by atoms with E-state index in [0.717, 1.165) is 23.3 Å². The topological polar surface area (TPSA) is 66.5 Å². The number of nitrogens with one attached hydrogen (secondary N) is 1. The van der Waals surface area contributed by atoms with Crippen molar-refractivity contribution in [3.63, 3.8) is 0 Å². The second-order valence-corrected chi connectivity index (χ2v) is 10.3. The third-order valence-corrected chi connectivity index (χ3v) is 8.61. The zero-order valence-corrected chi connectivity index (χ0v) is 16.3. The third kappa shape index (κ3) is 3.08. The summed E-state index contributed by atoms with van der Waals surface area (Å²) in [6.45, 7) is 2.29. The highest BCUT2D eigenvalue weighted by molar-refractivity contribution is 7.91. The van der Waals surface area contributed by atoms with Crippen molar-refractivity contribution in [3.8, 4) is 0 Å². The summed E-state index contributed by atoms with van der Waals surface area (Å²) in [5.74, 6) is -0.180. The van der Waals surface area contributed by atoms with E-state index >= 15 is 0 Å². The van der Waals surface area contributed by atoms with Gasteiger partial charge < -0.3 is 5.32 Å². The number of hydrogen-bond donors (Lipinski definition) is 1. The number of hydrogen-bond acceptors (Lipinski definition) is 4. The molecule has 2 heterocycles. The normalized spacial score (nSPS) is 23.1. The number of benzene rings is 1. The highest BCUT2D eigenvalue weighted by Crippen LogP contribution is 2.33. The average Bonchev–Trinajstić information content (AvgIpc) is 3.34. The minimum Gasteiger partial charge on any atom is -0.348 e. The quantitative estimate of drug-likeness (QED) is 0.873. The SMILES string of the molecule is Cc1ccc(S(=O)(=O)N2CCCC2C(=O)NC2CCc3ccccc32)s1. The summed E-state index contributed by atoms with van der Waals surface area (Å²) in [7, 11) is -3.62. The highest BCUT2D eigenvalue weighted by Gasteiger charge is 2.41. The van der Waals surface area contributed by atoms with Crippen LogP contribution in [0.2, 0.25) is 0 Å². The van der Waals surface area contributed by atoms with Crippen LogP contribution in [0.3, 0.4) is 0 Å². The fourth-order valence-electron chi connectivity index (χ4n) is 3.93. The van der Waals surface area contributed by atoms with Crippen molar-refractivity contribution in [2.24, 2.45) is 0 Å². The van der Waals surface area contributed by atoms with Gasteiger partial charge in [0.2, 0.25) is 5.91 Å². The number of amides is 1. The van der Waals surface area contributed by atoms with E-state index in [2.05, 4.69) is 11.4 Å². The summed E-state index contributed by atoms with van der Waals surface area (Å²) in [6.07, 6.45) is 3.10. The molecule has 1 aromatic heterocycles. The number of carbonyl (C=O) groups is 1. The van der Waals surface area contributed by atoms with Crippen molar-refractivity contribution in [3.05, 3.63) is 52.4 Å². The Labute approximate surface area is 158 Å². The molecule has 1 aromatic carbocycles. The molecule has 1 aliphatic carbocycles. The first-order valence-corrected chi connectivity index (χ1v) is 11.2. The second-order valence-electron chi connectivity index (χ2n) is 6.94. The number of sulfonamides is 1. The fourth-order valence-corrected chi connectivity index (χ4v) is 7.00. The molecule has 0 bridgehead atoms. The minimum atomic E-state index is -3.62. The molecule has 4 rings (SSSR count). The molecule has 5 nitrogen and oxygen atoms in total. The maximum absolute atomic E-state index is 13.0. The molecule has 1 N–H and O–H groups in total. The lowest BCUT2D eigenvalue weighted by Crippen LogP contribution is -2.46.